The normalized spacial score (nSPS) is 17.3. The van der Waals surface area contributed by atoms with Gasteiger partial charge >= 0.3 is 12.1 Å². The van der Waals surface area contributed by atoms with Gasteiger partial charge < -0.3 is 33.6 Å². The van der Waals surface area contributed by atoms with Crippen molar-refractivity contribution in [2.45, 2.75) is 96.4 Å². The summed E-state index contributed by atoms with van der Waals surface area (Å²) in [7, 11) is 5.27. The number of fused-ring (bicyclic) bond motifs is 2. The molecule has 6 heterocycles. The first-order valence-corrected chi connectivity index (χ1v) is 22.8. The third-order valence-corrected chi connectivity index (χ3v) is 13.3. The zero-order valence-electron chi connectivity index (χ0n) is 38.3. The van der Waals surface area contributed by atoms with E-state index in [9.17, 15) is 4.79 Å². The summed E-state index contributed by atoms with van der Waals surface area (Å²) >= 11 is 0. The number of methoxy groups -OCH3 is 2. The molecule has 13 nitrogen and oxygen atoms in total. The van der Waals surface area contributed by atoms with Crippen LogP contribution in [0.4, 0.5) is 20.8 Å². The second kappa shape index (κ2) is 17.7. The Kier molecular flexibility index (Phi) is 12.0. The van der Waals surface area contributed by atoms with Gasteiger partial charge in [-0.05, 0) is 138 Å². The first-order valence-electron chi connectivity index (χ1n) is 22.8. The molecule has 0 atom stereocenters. The summed E-state index contributed by atoms with van der Waals surface area (Å²) in [5, 5.41) is 0.488. The molecule has 9 rings (SSSR count). The van der Waals surface area contributed by atoms with Gasteiger partial charge in [0.2, 0.25) is 0 Å². The van der Waals surface area contributed by atoms with Gasteiger partial charge in [-0.25, -0.2) is 14.2 Å². The number of carbonyl (C=O) groups is 1. The first-order chi connectivity index (χ1) is 30.8. The van der Waals surface area contributed by atoms with Crippen LogP contribution in [0.5, 0.6) is 17.5 Å². The van der Waals surface area contributed by atoms with Crippen molar-refractivity contribution in [2.75, 3.05) is 70.4 Å². The molecule has 1 saturated carbocycles. The smallest absolute Gasteiger partial charge is 0.410 e. The number of likely N-dealkylation sites (tertiary alicyclic amines) is 1. The van der Waals surface area contributed by atoms with Crippen molar-refractivity contribution < 1.29 is 28.1 Å². The number of aromatic nitrogens is 4. The van der Waals surface area contributed by atoms with Gasteiger partial charge in [0, 0.05) is 51.9 Å². The number of amides is 1. The Bertz CT molecular complexity index is 2430. The molecule has 64 heavy (non-hydrogen) atoms. The van der Waals surface area contributed by atoms with E-state index in [2.05, 4.69) is 47.1 Å². The lowest BCUT2D eigenvalue weighted by molar-refractivity contribution is 0.000173. The van der Waals surface area contributed by atoms with E-state index in [1.165, 1.54) is 0 Å². The number of anilines is 2. The highest BCUT2D eigenvalue weighted by atomic mass is 19.1. The largest absolute Gasteiger partial charge is 0.497 e. The number of hydrogen-bond donors (Lipinski definition) is 0. The third kappa shape index (κ3) is 9.11. The van der Waals surface area contributed by atoms with Crippen LogP contribution in [-0.2, 0) is 17.8 Å². The van der Waals surface area contributed by atoms with E-state index >= 15 is 4.39 Å². The van der Waals surface area contributed by atoms with E-state index < -0.39 is 11.4 Å². The highest BCUT2D eigenvalue weighted by molar-refractivity contribution is 5.92. The van der Waals surface area contributed by atoms with Crippen LogP contribution in [0.1, 0.15) is 87.5 Å². The number of rotatable bonds is 15. The molecule has 4 aliphatic rings. The number of benzene rings is 2. The first kappa shape index (κ1) is 43.5. The SMILES string of the molecule is COc1ccc(CN(Cc2ccc(OC)cc2)c2cc(C)c(C3CC3)c(-c3ncc4c(N(C)CC5CN(C(=O)OC(C)(C)C)C5)nc(OCC56CCCN5CCC6)nc4c3F)n2)cc1. The summed E-state index contributed by atoms with van der Waals surface area (Å²) in [6, 6.07) is 18.4. The van der Waals surface area contributed by atoms with Gasteiger partial charge in [-0.2, -0.15) is 9.97 Å². The van der Waals surface area contributed by atoms with Crippen LogP contribution in [-0.4, -0.2) is 108 Å². The minimum Gasteiger partial charge on any atom is -0.497 e. The molecule has 0 unspecified atom stereocenters. The Morgan fingerprint density at radius 1 is 0.891 bits per heavy atom. The fraction of sp³-hybridized carbons (Fsp3) is 0.500. The summed E-state index contributed by atoms with van der Waals surface area (Å²) < 4.78 is 40.8. The second-order valence-electron chi connectivity index (χ2n) is 19.2. The van der Waals surface area contributed by atoms with E-state index in [4.69, 9.17) is 38.9 Å². The van der Waals surface area contributed by atoms with Crippen LogP contribution in [0.15, 0.2) is 60.8 Å². The Labute approximate surface area is 375 Å². The third-order valence-electron chi connectivity index (χ3n) is 13.3. The van der Waals surface area contributed by atoms with Gasteiger partial charge in [0.25, 0.3) is 0 Å². The molecule has 0 bridgehead atoms. The van der Waals surface area contributed by atoms with Crippen molar-refractivity contribution in [1.82, 2.24) is 29.7 Å². The van der Waals surface area contributed by atoms with Gasteiger partial charge in [0.15, 0.2) is 5.82 Å². The highest BCUT2D eigenvalue weighted by Crippen LogP contribution is 2.47. The van der Waals surface area contributed by atoms with Crippen molar-refractivity contribution in [3.05, 3.63) is 88.9 Å². The lowest BCUT2D eigenvalue weighted by atomic mass is 9.95. The van der Waals surface area contributed by atoms with E-state index in [1.54, 1.807) is 25.3 Å². The molecule has 1 amide bonds. The fourth-order valence-electron chi connectivity index (χ4n) is 9.85. The molecule has 3 saturated heterocycles. The predicted octanol–water partition coefficient (Wildman–Crippen LogP) is 8.95. The second-order valence-corrected chi connectivity index (χ2v) is 19.2. The van der Waals surface area contributed by atoms with Gasteiger partial charge in [-0.15, -0.1) is 0 Å². The summed E-state index contributed by atoms with van der Waals surface area (Å²) in [5.41, 5.74) is 4.45. The minimum absolute atomic E-state index is 0.0477. The molecule has 5 aromatic rings. The number of ether oxygens (including phenoxy) is 4. The van der Waals surface area contributed by atoms with E-state index in [0.29, 0.717) is 56.2 Å². The van der Waals surface area contributed by atoms with Crippen molar-refractivity contribution in [2.24, 2.45) is 5.92 Å². The van der Waals surface area contributed by atoms with Crippen molar-refractivity contribution in [3.8, 4) is 28.9 Å². The number of nitrogens with zero attached hydrogens (tertiary/aromatic N) is 8. The summed E-state index contributed by atoms with van der Waals surface area (Å²) in [5.74, 6) is 2.70. The lowest BCUT2D eigenvalue weighted by Crippen LogP contribution is -2.54. The van der Waals surface area contributed by atoms with Gasteiger partial charge in [0.1, 0.15) is 46.6 Å². The van der Waals surface area contributed by atoms with Crippen LogP contribution in [0.25, 0.3) is 22.3 Å². The standard InChI is InChI=1S/C50H61FN8O5/c1-32-24-40(57(27-33-10-16-37(61-6)17-11-33)28-34-12-18-38(62-7)19-13-34)53-44(41(32)36-14-15-36)45-42(51)43-39(25-52-45)46(56(5)26-35-29-58(30-35)48(60)64-49(2,3)4)55-47(54-43)63-31-50-20-8-22-59(50)23-9-21-50/h10-13,16-19,24-25,35-36H,8-9,14-15,20-23,26-31H2,1-7H3. The molecular formula is C50H61FN8O5. The van der Waals surface area contributed by atoms with Crippen LogP contribution >= 0.6 is 0 Å². The quantitative estimate of drug-likeness (QED) is 0.1000. The molecule has 2 aromatic carbocycles. The Morgan fingerprint density at radius 2 is 1.52 bits per heavy atom. The number of halogens is 1. The van der Waals surface area contributed by atoms with Crippen LogP contribution < -0.4 is 24.0 Å². The fourth-order valence-corrected chi connectivity index (χ4v) is 9.85. The lowest BCUT2D eigenvalue weighted by Gasteiger charge is -2.41. The molecule has 3 aromatic heterocycles. The Hall–Kier alpha value is -5.76. The van der Waals surface area contributed by atoms with Crippen LogP contribution in [0.2, 0.25) is 0 Å². The molecule has 0 radical (unpaired) electrons. The van der Waals surface area contributed by atoms with Crippen LogP contribution in [0, 0.1) is 18.7 Å². The number of aryl methyl sites for hydroxylation is 1. The number of pyridine rings is 2. The maximum atomic E-state index is 17.7. The van der Waals surface area contributed by atoms with Gasteiger partial charge in [-0.3, -0.25) is 9.88 Å². The topological polar surface area (TPSA) is 119 Å². The summed E-state index contributed by atoms with van der Waals surface area (Å²) in [6.45, 7) is 13.1. The maximum Gasteiger partial charge on any atom is 0.410 e. The average Bonchev–Trinajstić information content (AvgIpc) is 3.90. The average molecular weight is 873 g/mol. The number of carbonyl (C=O) groups excluding carboxylic acids is 1. The zero-order chi connectivity index (χ0) is 44.8. The maximum absolute atomic E-state index is 17.7. The molecule has 0 N–H and O–H groups in total. The van der Waals surface area contributed by atoms with E-state index in [0.717, 1.165) is 91.2 Å². The molecule has 3 aliphatic heterocycles. The van der Waals surface area contributed by atoms with E-state index in [-0.39, 0.29) is 40.7 Å². The van der Waals surface area contributed by atoms with Crippen LogP contribution in [0.3, 0.4) is 0 Å². The number of hydrogen-bond acceptors (Lipinski definition) is 12. The predicted molar refractivity (Wildman–Crippen MR) is 246 cm³/mol. The van der Waals surface area contributed by atoms with Gasteiger partial charge in [-0.1, -0.05) is 24.3 Å². The van der Waals surface area contributed by atoms with E-state index in [1.807, 2.05) is 57.0 Å². The summed E-state index contributed by atoms with van der Waals surface area (Å²) in [4.78, 5) is 41.3. The molecule has 1 aliphatic carbocycles. The summed E-state index contributed by atoms with van der Waals surface area (Å²) in [6.07, 6.45) is 7.77. The molecule has 0 spiro atoms. The monoisotopic (exact) mass is 872 g/mol. The molecule has 338 valence electrons. The molecule has 4 fully saturated rings. The van der Waals surface area contributed by atoms with Crippen molar-refractivity contribution >= 4 is 28.6 Å². The Balaban J connectivity index is 1.09. The molecular weight excluding hydrogens is 812 g/mol. The van der Waals surface area contributed by atoms with Crippen molar-refractivity contribution in [1.29, 1.82) is 0 Å². The van der Waals surface area contributed by atoms with Crippen molar-refractivity contribution in [3.63, 3.8) is 0 Å². The Morgan fingerprint density at radius 3 is 2.09 bits per heavy atom. The molecule has 14 heteroatoms. The zero-order valence-corrected chi connectivity index (χ0v) is 38.3. The minimum atomic E-state index is -0.568. The van der Waals surface area contributed by atoms with Gasteiger partial charge in [0.05, 0.1) is 30.8 Å². The highest BCUT2D eigenvalue weighted by Gasteiger charge is 2.45.